The number of carbonyl (C=O) groups is 2. The first-order valence-electron chi connectivity index (χ1n) is 15.7. The maximum absolute atomic E-state index is 14.7. The zero-order valence-electron chi connectivity index (χ0n) is 26.2. The normalized spacial score (nSPS) is 14.1. The van der Waals surface area contributed by atoms with Gasteiger partial charge in [-0.15, -0.1) is 0 Å². The van der Waals surface area contributed by atoms with Crippen molar-refractivity contribution in [2.45, 2.75) is 69.5 Å². The maximum atomic E-state index is 14.7. The first-order valence-corrected chi connectivity index (χ1v) is 17.5. The van der Waals surface area contributed by atoms with E-state index in [0.29, 0.717) is 16.3 Å². The molecule has 2 amide bonds. The molecule has 1 fully saturated rings. The van der Waals surface area contributed by atoms with Crippen LogP contribution in [-0.2, 0) is 32.6 Å². The highest BCUT2D eigenvalue weighted by atomic mass is 35.5. The molecule has 0 aromatic heterocycles. The summed E-state index contributed by atoms with van der Waals surface area (Å²) in [5.74, 6) is -0.716. The number of rotatable bonds is 12. The summed E-state index contributed by atoms with van der Waals surface area (Å²) in [4.78, 5) is 30.4. The van der Waals surface area contributed by atoms with Gasteiger partial charge in [0.1, 0.15) is 12.6 Å². The Morgan fingerprint density at radius 3 is 2.09 bits per heavy atom. The average Bonchev–Trinajstić information content (AvgIpc) is 3.56. The fraction of sp³-hybridized carbons (Fsp3) is 0.297. The van der Waals surface area contributed by atoms with E-state index in [9.17, 15) is 18.0 Å². The summed E-state index contributed by atoms with van der Waals surface area (Å²) in [5.41, 5.74) is 3.83. The monoisotopic (exact) mass is 657 g/mol. The second-order valence-corrected chi connectivity index (χ2v) is 14.2. The molecule has 46 heavy (non-hydrogen) atoms. The lowest BCUT2D eigenvalue weighted by Gasteiger charge is -2.35. The van der Waals surface area contributed by atoms with Crippen LogP contribution in [0.2, 0.25) is 5.02 Å². The van der Waals surface area contributed by atoms with Gasteiger partial charge in [-0.2, -0.15) is 0 Å². The van der Waals surface area contributed by atoms with Crippen molar-refractivity contribution in [1.29, 1.82) is 0 Å². The predicted octanol–water partition coefficient (Wildman–Crippen LogP) is 6.85. The number of carbonyl (C=O) groups excluding carboxylic acids is 2. The number of nitrogens with one attached hydrogen (secondary N) is 1. The minimum atomic E-state index is -4.20. The van der Waals surface area contributed by atoms with Crippen LogP contribution in [0.1, 0.15) is 47.9 Å². The molecule has 1 unspecified atom stereocenters. The van der Waals surface area contributed by atoms with Crippen LogP contribution in [0, 0.1) is 13.8 Å². The van der Waals surface area contributed by atoms with Crippen molar-refractivity contribution in [2.75, 3.05) is 10.8 Å². The lowest BCUT2D eigenvalue weighted by molar-refractivity contribution is -0.140. The summed E-state index contributed by atoms with van der Waals surface area (Å²) in [5, 5.41) is 3.62. The van der Waals surface area contributed by atoms with Gasteiger partial charge in [0.2, 0.25) is 11.8 Å². The van der Waals surface area contributed by atoms with E-state index in [2.05, 4.69) is 5.32 Å². The summed E-state index contributed by atoms with van der Waals surface area (Å²) in [6.45, 7) is 3.42. The molecule has 1 saturated carbocycles. The van der Waals surface area contributed by atoms with Gasteiger partial charge in [-0.3, -0.25) is 13.9 Å². The first kappa shape index (κ1) is 33.2. The second kappa shape index (κ2) is 15.0. The van der Waals surface area contributed by atoms with E-state index < -0.39 is 28.5 Å². The number of aryl methyl sites for hydroxylation is 2. The molecule has 9 heteroatoms. The van der Waals surface area contributed by atoms with E-state index in [0.717, 1.165) is 46.7 Å². The van der Waals surface area contributed by atoms with E-state index in [1.54, 1.807) is 17.0 Å². The molecule has 4 aromatic carbocycles. The zero-order chi connectivity index (χ0) is 32.7. The van der Waals surface area contributed by atoms with Crippen LogP contribution in [-0.4, -0.2) is 43.8 Å². The van der Waals surface area contributed by atoms with Crippen molar-refractivity contribution in [2.24, 2.45) is 0 Å². The maximum Gasteiger partial charge on any atom is 0.264 e. The van der Waals surface area contributed by atoms with E-state index in [1.807, 2.05) is 80.6 Å². The fourth-order valence-electron chi connectivity index (χ4n) is 5.98. The number of hydrogen-bond acceptors (Lipinski definition) is 4. The zero-order valence-corrected chi connectivity index (χ0v) is 27.8. The first-order chi connectivity index (χ1) is 22.1. The van der Waals surface area contributed by atoms with E-state index in [1.165, 1.54) is 24.3 Å². The fourth-order valence-corrected chi connectivity index (χ4v) is 7.59. The Morgan fingerprint density at radius 1 is 0.826 bits per heavy atom. The van der Waals surface area contributed by atoms with Crippen molar-refractivity contribution >= 4 is 39.1 Å². The van der Waals surface area contributed by atoms with Gasteiger partial charge < -0.3 is 10.2 Å². The van der Waals surface area contributed by atoms with Crippen molar-refractivity contribution < 1.29 is 18.0 Å². The van der Waals surface area contributed by atoms with E-state index in [-0.39, 0.29) is 29.8 Å². The molecular formula is C37H40ClN3O4S. The average molecular weight is 658 g/mol. The largest absolute Gasteiger partial charge is 0.352 e. The number of anilines is 1. The van der Waals surface area contributed by atoms with Crippen molar-refractivity contribution in [3.63, 3.8) is 0 Å². The van der Waals surface area contributed by atoms with Crippen molar-refractivity contribution in [3.8, 4) is 0 Å². The third kappa shape index (κ3) is 7.98. The molecule has 7 nitrogen and oxygen atoms in total. The molecule has 5 rings (SSSR count). The minimum absolute atomic E-state index is 0.0122. The summed E-state index contributed by atoms with van der Waals surface area (Å²) >= 11 is 6.08. The van der Waals surface area contributed by atoms with Gasteiger partial charge in [0.05, 0.1) is 10.6 Å². The molecule has 0 heterocycles. The standard InChI is InChI=1S/C37H40ClN3O4S/c1-27-12-6-8-16-30(27)25-40(35(24-29-14-4-3-5-15-29)37(43)39-32-17-9-10-18-32)36(42)26-41(34-19-11-7-13-28(34)2)46(44,45)33-22-20-31(38)21-23-33/h3-8,11-16,19-23,32,35H,9-10,17-18,24-26H2,1-2H3,(H,39,43). The second-order valence-electron chi connectivity index (χ2n) is 11.9. The van der Waals surface area contributed by atoms with Gasteiger partial charge in [0, 0.05) is 24.0 Å². The van der Waals surface area contributed by atoms with E-state index in [4.69, 9.17) is 11.6 Å². The summed E-state index contributed by atoms with van der Waals surface area (Å²) in [7, 11) is -4.20. The highest BCUT2D eigenvalue weighted by Gasteiger charge is 2.36. The van der Waals surface area contributed by atoms with Crippen molar-refractivity contribution in [1.82, 2.24) is 10.2 Å². The lowest BCUT2D eigenvalue weighted by Crippen LogP contribution is -2.54. The Bertz CT molecular complexity index is 1760. The van der Waals surface area contributed by atoms with E-state index >= 15 is 0 Å². The Hall–Kier alpha value is -4.14. The number of benzene rings is 4. The van der Waals surface area contributed by atoms with Gasteiger partial charge in [-0.25, -0.2) is 8.42 Å². The molecule has 4 aromatic rings. The lowest BCUT2D eigenvalue weighted by atomic mass is 10.0. The number of hydrogen-bond donors (Lipinski definition) is 1. The number of halogens is 1. The molecule has 1 aliphatic rings. The number of sulfonamides is 1. The number of nitrogens with zero attached hydrogens (tertiary/aromatic N) is 2. The molecule has 240 valence electrons. The molecule has 0 bridgehead atoms. The molecule has 0 spiro atoms. The molecule has 0 radical (unpaired) electrons. The quantitative estimate of drug-likeness (QED) is 0.181. The topological polar surface area (TPSA) is 86.8 Å². The summed E-state index contributed by atoms with van der Waals surface area (Å²) < 4.78 is 29.6. The van der Waals surface area contributed by atoms with Crippen LogP contribution < -0.4 is 9.62 Å². The van der Waals surface area contributed by atoms with Crippen LogP contribution >= 0.6 is 11.6 Å². The van der Waals surface area contributed by atoms with Crippen LogP contribution in [0.3, 0.4) is 0 Å². The number of amides is 2. The van der Waals surface area contributed by atoms with Crippen LogP contribution in [0.4, 0.5) is 5.69 Å². The summed E-state index contributed by atoms with van der Waals surface area (Å²) in [6.07, 6.45) is 4.18. The molecule has 1 N–H and O–H groups in total. The minimum Gasteiger partial charge on any atom is -0.352 e. The smallest absolute Gasteiger partial charge is 0.264 e. The Balaban J connectivity index is 1.58. The Morgan fingerprint density at radius 2 is 1.43 bits per heavy atom. The number of para-hydroxylation sites is 1. The van der Waals surface area contributed by atoms with Gasteiger partial charge >= 0.3 is 0 Å². The van der Waals surface area contributed by atoms with Gasteiger partial charge in [0.25, 0.3) is 10.0 Å². The summed E-state index contributed by atoms with van der Waals surface area (Å²) in [6, 6.07) is 29.5. The van der Waals surface area contributed by atoms with Gasteiger partial charge in [-0.05, 0) is 79.3 Å². The Kier molecular flexibility index (Phi) is 10.8. The SMILES string of the molecule is Cc1ccccc1CN(C(=O)CN(c1ccccc1C)S(=O)(=O)c1ccc(Cl)cc1)C(Cc1ccccc1)C(=O)NC1CCCC1. The van der Waals surface area contributed by atoms with Crippen molar-refractivity contribution in [3.05, 3.63) is 130 Å². The van der Waals surface area contributed by atoms with Crippen LogP contribution in [0.15, 0.2) is 108 Å². The van der Waals surface area contributed by atoms with Crippen LogP contribution in [0.5, 0.6) is 0 Å². The molecule has 0 saturated heterocycles. The molecular weight excluding hydrogens is 618 g/mol. The molecule has 1 aliphatic carbocycles. The van der Waals surface area contributed by atoms with Gasteiger partial charge in [-0.1, -0.05) is 97.2 Å². The van der Waals surface area contributed by atoms with Crippen LogP contribution in [0.25, 0.3) is 0 Å². The Labute approximate surface area is 277 Å². The molecule has 1 atom stereocenters. The third-order valence-electron chi connectivity index (χ3n) is 8.64. The highest BCUT2D eigenvalue weighted by molar-refractivity contribution is 7.92. The highest BCUT2D eigenvalue weighted by Crippen LogP contribution is 2.29. The van der Waals surface area contributed by atoms with Gasteiger partial charge in [0.15, 0.2) is 0 Å². The third-order valence-corrected chi connectivity index (χ3v) is 10.7. The predicted molar refractivity (Wildman–Crippen MR) is 183 cm³/mol. The molecule has 0 aliphatic heterocycles.